The Morgan fingerprint density at radius 1 is 0.971 bits per heavy atom. The first kappa shape index (κ1) is 24.0. The van der Waals surface area contributed by atoms with Crippen LogP contribution < -0.4 is 20.3 Å². The lowest BCUT2D eigenvalue weighted by Gasteiger charge is -2.17. The van der Waals surface area contributed by atoms with Gasteiger partial charge in [0.1, 0.15) is 5.75 Å². The van der Waals surface area contributed by atoms with E-state index in [-0.39, 0.29) is 30.7 Å². The van der Waals surface area contributed by atoms with E-state index in [9.17, 15) is 14.4 Å². The summed E-state index contributed by atoms with van der Waals surface area (Å²) in [5, 5.41) is 5.73. The summed E-state index contributed by atoms with van der Waals surface area (Å²) in [6.45, 7) is 4.62. The number of carbonyl (C=O) groups excluding carboxylic acids is 3. The molecule has 7 nitrogen and oxygen atoms in total. The molecule has 7 heteroatoms. The second-order valence-corrected chi connectivity index (χ2v) is 8.81. The van der Waals surface area contributed by atoms with Crippen molar-refractivity contribution in [2.45, 2.75) is 26.8 Å². The van der Waals surface area contributed by atoms with Crippen molar-refractivity contribution in [1.82, 2.24) is 5.32 Å². The minimum atomic E-state index is -0.394. The highest BCUT2D eigenvalue weighted by atomic mass is 16.5. The zero-order chi connectivity index (χ0) is 24.8. The van der Waals surface area contributed by atoms with Gasteiger partial charge in [-0.1, -0.05) is 42.0 Å². The van der Waals surface area contributed by atoms with E-state index < -0.39 is 5.92 Å². The van der Waals surface area contributed by atoms with Gasteiger partial charge in [-0.25, -0.2) is 0 Å². The van der Waals surface area contributed by atoms with Gasteiger partial charge in [0.05, 0.1) is 5.92 Å². The minimum absolute atomic E-state index is 0.0910. The number of aryl methyl sites for hydroxylation is 2. The molecule has 0 spiro atoms. The van der Waals surface area contributed by atoms with Crippen molar-refractivity contribution in [1.29, 1.82) is 0 Å². The Labute approximate surface area is 205 Å². The van der Waals surface area contributed by atoms with Gasteiger partial charge in [0.15, 0.2) is 6.61 Å². The van der Waals surface area contributed by atoms with Crippen LogP contribution in [0.3, 0.4) is 0 Å². The molecule has 0 saturated carbocycles. The van der Waals surface area contributed by atoms with Gasteiger partial charge in [-0.05, 0) is 61.4 Å². The lowest BCUT2D eigenvalue weighted by Crippen LogP contribution is -2.32. The van der Waals surface area contributed by atoms with Crippen molar-refractivity contribution in [2.24, 2.45) is 5.92 Å². The number of rotatable bonds is 8. The standard InChI is InChI=1S/C28H29N3O4/c1-19-6-8-21(9-7-19)16-29-28(34)22-15-27(33)31(17-22)24-10-12-25(13-11-24)35-18-26(32)30-23-5-3-4-20(2)14-23/h3-14,22H,15-18H2,1-2H3,(H,29,34)(H,30,32)/t22-/m0/s1. The van der Waals surface area contributed by atoms with Crippen LogP contribution in [0.4, 0.5) is 11.4 Å². The second kappa shape index (κ2) is 10.9. The van der Waals surface area contributed by atoms with E-state index in [1.165, 1.54) is 5.56 Å². The smallest absolute Gasteiger partial charge is 0.262 e. The third-order valence-electron chi connectivity index (χ3n) is 5.90. The monoisotopic (exact) mass is 471 g/mol. The molecule has 1 atom stereocenters. The van der Waals surface area contributed by atoms with Crippen molar-refractivity contribution < 1.29 is 19.1 Å². The molecular formula is C28H29N3O4. The van der Waals surface area contributed by atoms with Crippen molar-refractivity contribution >= 4 is 29.1 Å². The quantitative estimate of drug-likeness (QED) is 0.520. The molecule has 1 saturated heterocycles. The number of nitrogens with one attached hydrogen (secondary N) is 2. The normalized spacial score (nSPS) is 15.1. The molecule has 1 aliphatic rings. The third-order valence-corrected chi connectivity index (χ3v) is 5.90. The van der Waals surface area contributed by atoms with Gasteiger partial charge in [0, 0.05) is 30.9 Å². The Morgan fingerprint density at radius 3 is 2.43 bits per heavy atom. The predicted molar refractivity (Wildman–Crippen MR) is 135 cm³/mol. The van der Waals surface area contributed by atoms with Gasteiger partial charge < -0.3 is 20.3 Å². The van der Waals surface area contributed by atoms with Crippen LogP contribution in [-0.2, 0) is 20.9 Å². The summed E-state index contributed by atoms with van der Waals surface area (Å²) in [7, 11) is 0. The maximum atomic E-state index is 12.6. The first-order valence-electron chi connectivity index (χ1n) is 11.6. The van der Waals surface area contributed by atoms with Crippen LogP contribution in [0.2, 0.25) is 0 Å². The lowest BCUT2D eigenvalue weighted by atomic mass is 10.1. The molecule has 0 bridgehead atoms. The van der Waals surface area contributed by atoms with Crippen molar-refractivity contribution in [2.75, 3.05) is 23.4 Å². The summed E-state index contributed by atoms with van der Waals surface area (Å²) in [4.78, 5) is 38.9. The molecule has 1 fully saturated rings. The summed E-state index contributed by atoms with van der Waals surface area (Å²) in [6.07, 6.45) is 0.178. The van der Waals surface area contributed by atoms with Crippen LogP contribution in [0.1, 0.15) is 23.1 Å². The molecule has 3 aromatic rings. The molecule has 1 aliphatic heterocycles. The fourth-order valence-electron chi connectivity index (χ4n) is 3.96. The number of carbonyl (C=O) groups is 3. The molecule has 0 aliphatic carbocycles. The molecule has 3 aromatic carbocycles. The van der Waals surface area contributed by atoms with Gasteiger partial charge >= 0.3 is 0 Å². The number of anilines is 2. The molecule has 4 rings (SSSR count). The second-order valence-electron chi connectivity index (χ2n) is 8.81. The van der Waals surface area contributed by atoms with Gasteiger partial charge in [0.2, 0.25) is 11.8 Å². The Balaban J connectivity index is 1.26. The molecule has 180 valence electrons. The van der Waals surface area contributed by atoms with Crippen LogP contribution in [0, 0.1) is 19.8 Å². The first-order valence-corrected chi connectivity index (χ1v) is 11.6. The first-order chi connectivity index (χ1) is 16.9. The largest absolute Gasteiger partial charge is 0.484 e. The number of nitrogens with zero attached hydrogens (tertiary/aromatic N) is 1. The topological polar surface area (TPSA) is 87.7 Å². The van der Waals surface area contributed by atoms with E-state index in [1.54, 1.807) is 29.2 Å². The highest BCUT2D eigenvalue weighted by Gasteiger charge is 2.35. The SMILES string of the molecule is Cc1ccc(CNC(=O)[C@H]2CC(=O)N(c3ccc(OCC(=O)Nc4cccc(C)c4)cc3)C2)cc1. The molecule has 0 unspecified atom stereocenters. The van der Waals surface area contributed by atoms with Crippen molar-refractivity contribution in [3.63, 3.8) is 0 Å². The van der Waals surface area contributed by atoms with E-state index in [1.807, 2.05) is 62.4 Å². The molecule has 3 amide bonds. The van der Waals surface area contributed by atoms with Crippen molar-refractivity contribution in [3.8, 4) is 5.75 Å². The zero-order valence-corrected chi connectivity index (χ0v) is 19.9. The molecule has 2 N–H and O–H groups in total. The van der Waals surface area contributed by atoms with Crippen molar-refractivity contribution in [3.05, 3.63) is 89.5 Å². The predicted octanol–water partition coefficient (Wildman–Crippen LogP) is 3.99. The molecule has 1 heterocycles. The van der Waals surface area contributed by atoms with Gasteiger partial charge in [-0.15, -0.1) is 0 Å². The maximum Gasteiger partial charge on any atom is 0.262 e. The van der Waals surface area contributed by atoms with Gasteiger partial charge in [0.25, 0.3) is 5.91 Å². The van der Waals surface area contributed by atoms with E-state index in [2.05, 4.69) is 10.6 Å². The lowest BCUT2D eigenvalue weighted by molar-refractivity contribution is -0.126. The zero-order valence-electron chi connectivity index (χ0n) is 19.9. The Hall–Kier alpha value is -4.13. The van der Waals surface area contributed by atoms with Crippen LogP contribution in [-0.4, -0.2) is 30.9 Å². The summed E-state index contributed by atoms with van der Waals surface area (Å²) < 4.78 is 5.58. The molecule has 0 aromatic heterocycles. The van der Waals surface area contributed by atoms with Crippen LogP contribution in [0.15, 0.2) is 72.8 Å². The fourth-order valence-corrected chi connectivity index (χ4v) is 3.96. The summed E-state index contributed by atoms with van der Waals surface area (Å²) >= 11 is 0. The van der Waals surface area contributed by atoms with Crippen LogP contribution >= 0.6 is 0 Å². The summed E-state index contributed by atoms with van der Waals surface area (Å²) in [5.41, 5.74) is 4.66. The van der Waals surface area contributed by atoms with E-state index in [0.29, 0.717) is 24.5 Å². The number of hydrogen-bond donors (Lipinski definition) is 2. The molecule has 35 heavy (non-hydrogen) atoms. The van der Waals surface area contributed by atoms with Crippen LogP contribution in [0.25, 0.3) is 0 Å². The Kier molecular flexibility index (Phi) is 7.45. The number of benzene rings is 3. The number of hydrogen-bond acceptors (Lipinski definition) is 4. The third kappa shape index (κ3) is 6.47. The van der Waals surface area contributed by atoms with Gasteiger partial charge in [-0.3, -0.25) is 14.4 Å². The molecular weight excluding hydrogens is 442 g/mol. The number of ether oxygens (including phenoxy) is 1. The summed E-state index contributed by atoms with van der Waals surface area (Å²) in [5.74, 6) is -0.344. The Morgan fingerprint density at radius 2 is 1.71 bits per heavy atom. The minimum Gasteiger partial charge on any atom is -0.484 e. The van der Waals surface area contributed by atoms with E-state index >= 15 is 0 Å². The average molecular weight is 472 g/mol. The Bertz CT molecular complexity index is 1210. The van der Waals surface area contributed by atoms with Crippen LogP contribution in [0.5, 0.6) is 5.75 Å². The number of amides is 3. The highest BCUT2D eigenvalue weighted by Crippen LogP contribution is 2.27. The highest BCUT2D eigenvalue weighted by molar-refractivity contribution is 6.00. The van der Waals surface area contributed by atoms with E-state index in [4.69, 9.17) is 4.74 Å². The average Bonchev–Trinajstić information content (AvgIpc) is 3.24. The molecule has 0 radical (unpaired) electrons. The van der Waals surface area contributed by atoms with Gasteiger partial charge in [-0.2, -0.15) is 0 Å². The van der Waals surface area contributed by atoms with E-state index in [0.717, 1.165) is 16.8 Å². The maximum absolute atomic E-state index is 12.6. The fraction of sp³-hybridized carbons (Fsp3) is 0.250. The summed E-state index contributed by atoms with van der Waals surface area (Å²) in [6, 6.07) is 22.5.